The molecule has 2 rings (SSSR count). The molecule has 0 unspecified atom stereocenters. The van der Waals surface area contributed by atoms with Crippen LogP contribution in [-0.4, -0.2) is 5.91 Å². The van der Waals surface area contributed by atoms with Crippen LogP contribution in [0.3, 0.4) is 0 Å². The molecule has 21 heavy (non-hydrogen) atoms. The molecule has 4 nitrogen and oxygen atoms in total. The molecule has 1 heterocycles. The third kappa shape index (κ3) is 3.71. The lowest BCUT2D eigenvalue weighted by Gasteiger charge is -2.10. The lowest BCUT2D eigenvalue weighted by Crippen LogP contribution is -2.29. The van der Waals surface area contributed by atoms with Gasteiger partial charge in [-0.25, -0.2) is 5.84 Å². The van der Waals surface area contributed by atoms with Crippen LogP contribution < -0.4 is 16.0 Å². The van der Waals surface area contributed by atoms with Gasteiger partial charge in [-0.15, -0.1) is 17.9 Å². The highest BCUT2D eigenvalue weighted by molar-refractivity contribution is 7.14. The summed E-state index contributed by atoms with van der Waals surface area (Å²) < 4.78 is 5.88. The predicted molar refractivity (Wildman–Crippen MR) is 85.4 cm³/mol. The number of carbonyl (C=O) groups is 1. The molecule has 0 spiro atoms. The Kier molecular flexibility index (Phi) is 5.14. The van der Waals surface area contributed by atoms with Gasteiger partial charge < -0.3 is 4.74 Å². The van der Waals surface area contributed by atoms with E-state index in [9.17, 15) is 4.79 Å². The van der Waals surface area contributed by atoms with E-state index in [1.807, 2.05) is 43.3 Å². The second-order valence-corrected chi connectivity index (χ2v) is 5.81. The Morgan fingerprint density at radius 2 is 2.19 bits per heavy atom. The fourth-order valence-corrected chi connectivity index (χ4v) is 2.90. The molecule has 0 aliphatic heterocycles. The smallest absolute Gasteiger partial charge is 0.275 e. The predicted octanol–water partition coefficient (Wildman–Crippen LogP) is 2.97. The number of hydrogen-bond donors (Lipinski definition) is 2. The molecule has 0 aliphatic rings. The maximum absolute atomic E-state index is 11.5. The van der Waals surface area contributed by atoms with Crippen molar-refractivity contribution in [2.24, 2.45) is 5.84 Å². The summed E-state index contributed by atoms with van der Waals surface area (Å²) >= 11 is 1.41. The van der Waals surface area contributed by atoms with Crippen molar-refractivity contribution in [2.75, 3.05) is 0 Å². The third-order valence-corrected chi connectivity index (χ3v) is 4.19. The van der Waals surface area contributed by atoms with Crippen molar-refractivity contribution in [1.82, 2.24) is 5.43 Å². The van der Waals surface area contributed by atoms with Crippen LogP contribution >= 0.6 is 11.3 Å². The summed E-state index contributed by atoms with van der Waals surface area (Å²) in [7, 11) is 0. The van der Waals surface area contributed by atoms with Crippen LogP contribution in [-0.2, 0) is 13.0 Å². The molecule has 2 aromatic rings. The number of nitrogens with one attached hydrogen (secondary N) is 1. The van der Waals surface area contributed by atoms with Crippen LogP contribution in [0.5, 0.6) is 5.75 Å². The Labute approximate surface area is 128 Å². The van der Waals surface area contributed by atoms with E-state index < -0.39 is 0 Å². The monoisotopic (exact) mass is 302 g/mol. The highest BCUT2D eigenvalue weighted by atomic mass is 32.1. The molecule has 110 valence electrons. The summed E-state index contributed by atoms with van der Waals surface area (Å²) in [6.45, 7) is 6.14. The summed E-state index contributed by atoms with van der Waals surface area (Å²) in [5, 5.41) is 0. The molecule has 1 aromatic carbocycles. The van der Waals surface area contributed by atoms with Crippen molar-refractivity contribution in [1.29, 1.82) is 0 Å². The zero-order valence-electron chi connectivity index (χ0n) is 11.9. The van der Waals surface area contributed by atoms with Gasteiger partial charge in [-0.3, -0.25) is 10.2 Å². The minimum Gasteiger partial charge on any atom is -0.489 e. The van der Waals surface area contributed by atoms with Crippen molar-refractivity contribution < 1.29 is 9.53 Å². The van der Waals surface area contributed by atoms with Crippen molar-refractivity contribution >= 4 is 17.2 Å². The number of carbonyl (C=O) groups excluding carboxylic acids is 1. The molecular formula is C16H18N2O2S. The third-order valence-electron chi connectivity index (χ3n) is 3.10. The van der Waals surface area contributed by atoms with Gasteiger partial charge >= 0.3 is 0 Å². The number of hydrazine groups is 1. The Bertz CT molecular complexity index is 649. The minimum atomic E-state index is -0.276. The maximum atomic E-state index is 11.5. The molecule has 0 radical (unpaired) electrons. The van der Waals surface area contributed by atoms with E-state index in [0.29, 0.717) is 11.5 Å². The number of nitrogen functional groups attached to an aromatic ring is 1. The van der Waals surface area contributed by atoms with Crippen LogP contribution in [0.15, 0.2) is 43.0 Å². The van der Waals surface area contributed by atoms with Gasteiger partial charge in [0.25, 0.3) is 5.91 Å². The number of amides is 1. The van der Waals surface area contributed by atoms with Crippen LogP contribution in [0.2, 0.25) is 0 Å². The fourth-order valence-electron chi connectivity index (χ4n) is 1.97. The number of allylic oxidation sites excluding steroid dienone is 1. The normalized spacial score (nSPS) is 10.2. The van der Waals surface area contributed by atoms with Gasteiger partial charge in [0, 0.05) is 10.4 Å². The molecule has 1 amide bonds. The van der Waals surface area contributed by atoms with Gasteiger partial charge in [0.05, 0.1) is 4.88 Å². The molecule has 0 saturated carbocycles. The second-order valence-electron chi connectivity index (χ2n) is 4.55. The highest BCUT2D eigenvalue weighted by Crippen LogP contribution is 2.25. The van der Waals surface area contributed by atoms with Gasteiger partial charge in [-0.2, -0.15) is 0 Å². The van der Waals surface area contributed by atoms with Crippen molar-refractivity contribution in [3.05, 3.63) is 63.9 Å². The molecule has 0 atom stereocenters. The zero-order chi connectivity index (χ0) is 15.2. The standard InChI is InChI=1S/C16H18N2O2S/c1-3-6-12-7-4-5-8-14(12)20-10-13-9-15(16(19)18-17)21-11(13)2/h3-5,7-9H,1,6,10,17H2,2H3,(H,18,19). The minimum absolute atomic E-state index is 0.276. The van der Waals surface area contributed by atoms with Gasteiger partial charge in [0.2, 0.25) is 0 Å². The number of nitrogens with two attached hydrogens (primary N) is 1. The number of para-hydroxylation sites is 1. The molecule has 3 N–H and O–H groups in total. The van der Waals surface area contributed by atoms with Crippen LogP contribution in [0.25, 0.3) is 0 Å². The van der Waals surface area contributed by atoms with E-state index in [2.05, 4.69) is 12.0 Å². The van der Waals surface area contributed by atoms with Crippen LogP contribution in [0.1, 0.15) is 25.7 Å². The van der Waals surface area contributed by atoms with E-state index in [-0.39, 0.29) is 5.91 Å². The van der Waals surface area contributed by atoms with E-state index in [1.165, 1.54) is 11.3 Å². The Morgan fingerprint density at radius 1 is 1.43 bits per heavy atom. The van der Waals surface area contributed by atoms with Crippen molar-refractivity contribution in [3.63, 3.8) is 0 Å². The first-order chi connectivity index (χ1) is 10.2. The molecular weight excluding hydrogens is 284 g/mol. The Balaban J connectivity index is 2.11. The van der Waals surface area contributed by atoms with Crippen molar-refractivity contribution in [3.8, 4) is 5.75 Å². The maximum Gasteiger partial charge on any atom is 0.275 e. The van der Waals surface area contributed by atoms with Gasteiger partial charge in [0.1, 0.15) is 12.4 Å². The summed E-state index contributed by atoms with van der Waals surface area (Å²) in [5.74, 6) is 5.71. The number of rotatable bonds is 6. The van der Waals surface area contributed by atoms with Gasteiger partial charge in [-0.05, 0) is 31.0 Å². The topological polar surface area (TPSA) is 64.3 Å². The van der Waals surface area contributed by atoms with E-state index >= 15 is 0 Å². The molecule has 5 heteroatoms. The summed E-state index contributed by atoms with van der Waals surface area (Å²) in [5.41, 5.74) is 4.23. The Hall–Kier alpha value is -2.11. The lowest BCUT2D eigenvalue weighted by molar-refractivity contribution is 0.0957. The number of hydrogen-bond acceptors (Lipinski definition) is 4. The molecule has 0 fully saturated rings. The van der Waals surface area contributed by atoms with Gasteiger partial charge in [-0.1, -0.05) is 24.3 Å². The highest BCUT2D eigenvalue weighted by Gasteiger charge is 2.12. The molecule has 1 aromatic heterocycles. The lowest BCUT2D eigenvalue weighted by atomic mass is 10.1. The zero-order valence-corrected chi connectivity index (χ0v) is 12.7. The SMILES string of the molecule is C=CCc1ccccc1OCc1cc(C(=O)NN)sc1C. The van der Waals surface area contributed by atoms with E-state index in [1.54, 1.807) is 0 Å². The number of benzene rings is 1. The van der Waals surface area contributed by atoms with Crippen LogP contribution in [0.4, 0.5) is 0 Å². The number of thiophene rings is 1. The Morgan fingerprint density at radius 3 is 2.90 bits per heavy atom. The number of ether oxygens (including phenoxy) is 1. The van der Waals surface area contributed by atoms with Crippen LogP contribution in [0, 0.1) is 6.92 Å². The first kappa shape index (κ1) is 15.3. The van der Waals surface area contributed by atoms with E-state index in [4.69, 9.17) is 10.6 Å². The van der Waals surface area contributed by atoms with Crippen molar-refractivity contribution in [2.45, 2.75) is 20.0 Å². The average molecular weight is 302 g/mol. The van der Waals surface area contributed by atoms with Gasteiger partial charge in [0.15, 0.2) is 0 Å². The second kappa shape index (κ2) is 7.06. The quantitative estimate of drug-likeness (QED) is 0.373. The average Bonchev–Trinajstić information content (AvgIpc) is 2.87. The summed E-state index contributed by atoms with van der Waals surface area (Å²) in [6, 6.07) is 9.69. The first-order valence-corrected chi connectivity index (χ1v) is 7.39. The van der Waals surface area contributed by atoms with E-state index in [0.717, 1.165) is 28.2 Å². The number of aryl methyl sites for hydroxylation is 1. The largest absolute Gasteiger partial charge is 0.489 e. The summed E-state index contributed by atoms with van der Waals surface area (Å²) in [6.07, 6.45) is 2.61. The molecule has 0 bridgehead atoms. The first-order valence-electron chi connectivity index (χ1n) is 6.57. The fraction of sp³-hybridized carbons (Fsp3) is 0.188. The summed E-state index contributed by atoms with van der Waals surface area (Å²) in [4.78, 5) is 13.2. The molecule has 0 aliphatic carbocycles. The molecule has 0 saturated heterocycles.